The third-order valence-electron chi connectivity index (χ3n) is 6.14. The van der Waals surface area contributed by atoms with Crippen molar-refractivity contribution in [1.29, 1.82) is 0 Å². The number of piperidine rings is 1. The SMILES string of the molecule is O=C(Nc1ccccc1)C1CCN(C(=O)/C=C/c2cn(-c3ccccc3)nc2-c2cccs2)CC1. The van der Waals surface area contributed by atoms with Crippen molar-refractivity contribution >= 4 is 34.9 Å². The van der Waals surface area contributed by atoms with Crippen LogP contribution >= 0.6 is 11.3 Å². The lowest BCUT2D eigenvalue weighted by atomic mass is 9.95. The second kappa shape index (κ2) is 10.5. The number of para-hydroxylation sites is 2. The van der Waals surface area contributed by atoms with Gasteiger partial charge in [0.25, 0.3) is 0 Å². The molecule has 0 bridgehead atoms. The zero-order chi connectivity index (χ0) is 24.0. The van der Waals surface area contributed by atoms with E-state index in [4.69, 9.17) is 5.10 Å². The van der Waals surface area contributed by atoms with E-state index in [9.17, 15) is 9.59 Å². The van der Waals surface area contributed by atoms with Gasteiger partial charge in [0.2, 0.25) is 11.8 Å². The van der Waals surface area contributed by atoms with Gasteiger partial charge in [0, 0.05) is 42.5 Å². The van der Waals surface area contributed by atoms with E-state index in [0.717, 1.165) is 27.5 Å². The molecule has 176 valence electrons. The second-order valence-electron chi connectivity index (χ2n) is 8.48. The highest BCUT2D eigenvalue weighted by Crippen LogP contribution is 2.29. The van der Waals surface area contributed by atoms with Gasteiger partial charge in [-0.05, 0) is 54.6 Å². The molecule has 1 aliphatic rings. The van der Waals surface area contributed by atoms with E-state index < -0.39 is 0 Å². The van der Waals surface area contributed by atoms with E-state index >= 15 is 0 Å². The molecule has 1 aliphatic heterocycles. The number of aromatic nitrogens is 2. The summed E-state index contributed by atoms with van der Waals surface area (Å²) in [6.45, 7) is 1.13. The van der Waals surface area contributed by atoms with E-state index in [1.165, 1.54) is 0 Å². The van der Waals surface area contributed by atoms with Gasteiger partial charge in [0.05, 0.1) is 10.6 Å². The summed E-state index contributed by atoms with van der Waals surface area (Å²) in [6, 6.07) is 23.4. The maximum Gasteiger partial charge on any atom is 0.246 e. The molecule has 35 heavy (non-hydrogen) atoms. The van der Waals surface area contributed by atoms with Gasteiger partial charge >= 0.3 is 0 Å². The first-order valence-corrected chi connectivity index (χ1v) is 12.6. The number of carbonyl (C=O) groups is 2. The van der Waals surface area contributed by atoms with Crippen LogP contribution in [0.5, 0.6) is 0 Å². The number of nitrogens with one attached hydrogen (secondary N) is 1. The lowest BCUT2D eigenvalue weighted by molar-refractivity contribution is -0.130. The Kier molecular flexibility index (Phi) is 6.86. The van der Waals surface area contributed by atoms with E-state index in [1.54, 1.807) is 17.4 Å². The number of hydrogen-bond acceptors (Lipinski definition) is 4. The van der Waals surface area contributed by atoms with Crippen LogP contribution in [0.2, 0.25) is 0 Å². The number of anilines is 1. The predicted molar refractivity (Wildman–Crippen MR) is 140 cm³/mol. The fourth-order valence-corrected chi connectivity index (χ4v) is 4.95. The van der Waals surface area contributed by atoms with E-state index in [-0.39, 0.29) is 17.7 Å². The molecule has 0 saturated carbocycles. The molecule has 0 aliphatic carbocycles. The Morgan fingerprint density at radius 3 is 2.34 bits per heavy atom. The topological polar surface area (TPSA) is 67.2 Å². The minimum absolute atomic E-state index is 0.0211. The molecule has 1 saturated heterocycles. The third-order valence-corrected chi connectivity index (χ3v) is 7.02. The molecule has 2 aromatic heterocycles. The van der Waals surface area contributed by atoms with Crippen LogP contribution in [0.15, 0.2) is 90.4 Å². The van der Waals surface area contributed by atoms with Gasteiger partial charge in [-0.25, -0.2) is 4.68 Å². The van der Waals surface area contributed by atoms with Crippen LogP contribution < -0.4 is 5.32 Å². The molecule has 2 aromatic carbocycles. The fourth-order valence-electron chi connectivity index (χ4n) is 4.22. The normalized spacial score (nSPS) is 14.3. The van der Waals surface area contributed by atoms with E-state index in [1.807, 2.05) is 100 Å². The Morgan fingerprint density at radius 1 is 0.943 bits per heavy atom. The standard InChI is InChI=1S/C28H26N4O2S/c33-26(31-17-15-21(16-18-31)28(34)29-23-8-3-1-4-9-23)14-13-22-20-32(24-10-5-2-6-11-24)30-27(22)25-12-7-19-35-25/h1-14,19-21H,15-18H2,(H,29,34)/b14-13+. The molecular weight excluding hydrogens is 456 g/mol. The zero-order valence-corrected chi connectivity index (χ0v) is 20.0. The van der Waals surface area contributed by atoms with Crippen LogP contribution in [0.25, 0.3) is 22.3 Å². The number of benzene rings is 2. The lowest BCUT2D eigenvalue weighted by Gasteiger charge is -2.30. The summed E-state index contributed by atoms with van der Waals surface area (Å²) in [4.78, 5) is 28.4. The monoisotopic (exact) mass is 482 g/mol. The van der Waals surface area contributed by atoms with E-state index in [0.29, 0.717) is 25.9 Å². The summed E-state index contributed by atoms with van der Waals surface area (Å²) >= 11 is 1.62. The highest BCUT2D eigenvalue weighted by Gasteiger charge is 2.26. The van der Waals surface area contributed by atoms with Crippen molar-refractivity contribution in [3.63, 3.8) is 0 Å². The van der Waals surface area contributed by atoms with Crippen LogP contribution in [0.4, 0.5) is 5.69 Å². The second-order valence-corrected chi connectivity index (χ2v) is 9.43. The number of hydrogen-bond donors (Lipinski definition) is 1. The van der Waals surface area contributed by atoms with Crippen molar-refractivity contribution in [1.82, 2.24) is 14.7 Å². The molecule has 7 heteroatoms. The smallest absolute Gasteiger partial charge is 0.246 e. The van der Waals surface area contributed by atoms with Crippen molar-refractivity contribution in [2.24, 2.45) is 5.92 Å². The summed E-state index contributed by atoms with van der Waals surface area (Å²) in [5.41, 5.74) is 3.51. The van der Waals surface area contributed by atoms with Gasteiger partial charge in [0.15, 0.2) is 0 Å². The summed E-state index contributed by atoms with van der Waals surface area (Å²) in [6.07, 6.45) is 6.73. The molecule has 4 aromatic rings. The quantitative estimate of drug-likeness (QED) is 0.370. The number of carbonyl (C=O) groups excluding carboxylic acids is 2. The molecule has 1 fully saturated rings. The van der Waals surface area contributed by atoms with Gasteiger partial charge < -0.3 is 10.2 Å². The Bertz CT molecular complexity index is 1310. The number of rotatable bonds is 6. The van der Waals surface area contributed by atoms with Crippen molar-refractivity contribution in [2.45, 2.75) is 12.8 Å². The molecule has 0 radical (unpaired) electrons. The molecule has 0 unspecified atom stereocenters. The first kappa shape index (κ1) is 22.8. The molecular formula is C28H26N4O2S. The highest BCUT2D eigenvalue weighted by atomic mass is 32.1. The number of thiophene rings is 1. The summed E-state index contributed by atoms with van der Waals surface area (Å²) in [7, 11) is 0. The molecule has 0 atom stereocenters. The highest BCUT2D eigenvalue weighted by molar-refractivity contribution is 7.13. The van der Waals surface area contributed by atoms with Gasteiger partial charge in [-0.3, -0.25) is 9.59 Å². The lowest BCUT2D eigenvalue weighted by Crippen LogP contribution is -2.40. The van der Waals surface area contributed by atoms with Gasteiger partial charge in [-0.1, -0.05) is 42.5 Å². The zero-order valence-electron chi connectivity index (χ0n) is 19.2. The van der Waals surface area contributed by atoms with Crippen LogP contribution in [-0.2, 0) is 9.59 Å². The third kappa shape index (κ3) is 5.41. The van der Waals surface area contributed by atoms with Crippen LogP contribution in [0.3, 0.4) is 0 Å². The number of amides is 2. The average Bonchev–Trinajstić information content (AvgIpc) is 3.59. The van der Waals surface area contributed by atoms with Gasteiger partial charge in [-0.2, -0.15) is 5.10 Å². The molecule has 5 rings (SSSR count). The van der Waals surface area contributed by atoms with Gasteiger partial charge in [0.1, 0.15) is 5.69 Å². The van der Waals surface area contributed by atoms with Crippen LogP contribution in [-0.4, -0.2) is 39.6 Å². The Balaban J connectivity index is 1.24. The number of likely N-dealkylation sites (tertiary alicyclic amines) is 1. The van der Waals surface area contributed by atoms with Crippen molar-refractivity contribution < 1.29 is 9.59 Å². The first-order chi connectivity index (χ1) is 17.2. The summed E-state index contributed by atoms with van der Waals surface area (Å²) < 4.78 is 1.84. The Morgan fingerprint density at radius 2 is 1.66 bits per heavy atom. The molecule has 3 heterocycles. The van der Waals surface area contributed by atoms with Crippen LogP contribution in [0.1, 0.15) is 18.4 Å². The van der Waals surface area contributed by atoms with Gasteiger partial charge in [-0.15, -0.1) is 11.3 Å². The van der Waals surface area contributed by atoms with Crippen molar-refractivity contribution in [2.75, 3.05) is 18.4 Å². The summed E-state index contributed by atoms with van der Waals surface area (Å²) in [5.74, 6) is -0.109. The molecule has 0 spiro atoms. The Labute approximate surface area is 208 Å². The maximum atomic E-state index is 12.9. The molecule has 1 N–H and O–H groups in total. The average molecular weight is 483 g/mol. The molecule has 2 amide bonds. The first-order valence-electron chi connectivity index (χ1n) is 11.7. The van der Waals surface area contributed by atoms with Crippen molar-refractivity contribution in [3.8, 4) is 16.3 Å². The largest absolute Gasteiger partial charge is 0.339 e. The fraction of sp³-hybridized carbons (Fsp3) is 0.179. The maximum absolute atomic E-state index is 12.9. The number of nitrogens with zero attached hydrogens (tertiary/aromatic N) is 3. The summed E-state index contributed by atoms with van der Waals surface area (Å²) in [5, 5.41) is 9.78. The minimum Gasteiger partial charge on any atom is -0.339 e. The molecule has 6 nitrogen and oxygen atoms in total. The van der Waals surface area contributed by atoms with Crippen molar-refractivity contribution in [3.05, 3.63) is 96.0 Å². The minimum atomic E-state index is -0.0854. The predicted octanol–water partition coefficient (Wildman–Crippen LogP) is 5.49. The Hall–Kier alpha value is -3.97. The van der Waals surface area contributed by atoms with E-state index in [2.05, 4.69) is 5.32 Å². The van der Waals surface area contributed by atoms with Crippen LogP contribution in [0, 0.1) is 5.92 Å².